The molecule has 0 aromatic heterocycles. The van der Waals surface area contributed by atoms with Crippen LogP contribution in [0.15, 0.2) is 66.7 Å². The fraction of sp³-hybridized carbons (Fsp3) is 0.286. The molecule has 3 aromatic rings. The van der Waals surface area contributed by atoms with E-state index in [0.717, 1.165) is 28.8 Å². The second-order valence-electron chi connectivity index (χ2n) is 8.39. The van der Waals surface area contributed by atoms with Crippen molar-refractivity contribution in [3.05, 3.63) is 101 Å². The second kappa shape index (κ2) is 12.8. The van der Waals surface area contributed by atoms with Gasteiger partial charge < -0.3 is 19.5 Å². The lowest BCUT2D eigenvalue weighted by Gasteiger charge is -2.23. The smallest absolute Gasteiger partial charge is 0.333 e. The SMILES string of the molecule is CCO[C@@H](Cc1ccc(OCC(=O)N(Cc2ccc(C)cc2)Cc2ccc(F)cc2F)cc1)C(=O)O. The van der Waals surface area contributed by atoms with E-state index in [-0.39, 0.29) is 37.6 Å². The molecule has 0 aliphatic rings. The van der Waals surface area contributed by atoms with Crippen LogP contribution >= 0.6 is 0 Å². The normalized spacial score (nSPS) is 11.7. The molecule has 0 saturated carbocycles. The molecule has 8 heteroatoms. The Kier molecular flexibility index (Phi) is 9.53. The fourth-order valence-corrected chi connectivity index (χ4v) is 3.59. The van der Waals surface area contributed by atoms with Gasteiger partial charge in [-0.3, -0.25) is 4.79 Å². The number of ether oxygens (including phenoxy) is 2. The Bertz CT molecular complexity index is 1170. The number of nitrogens with zero attached hydrogens (tertiary/aromatic N) is 1. The molecule has 36 heavy (non-hydrogen) atoms. The quantitative estimate of drug-likeness (QED) is 0.385. The van der Waals surface area contributed by atoms with Gasteiger partial charge in [0, 0.05) is 37.7 Å². The molecular weight excluding hydrogens is 468 g/mol. The molecule has 6 nitrogen and oxygen atoms in total. The Morgan fingerprint density at radius 1 is 0.944 bits per heavy atom. The number of rotatable bonds is 12. The number of carbonyl (C=O) groups is 2. The van der Waals surface area contributed by atoms with E-state index in [1.807, 2.05) is 31.2 Å². The molecule has 3 aromatic carbocycles. The van der Waals surface area contributed by atoms with Crippen LogP contribution in [-0.4, -0.2) is 41.2 Å². The Morgan fingerprint density at radius 3 is 2.22 bits per heavy atom. The number of aliphatic carboxylic acids is 1. The topological polar surface area (TPSA) is 76.1 Å². The van der Waals surface area contributed by atoms with Gasteiger partial charge in [-0.2, -0.15) is 0 Å². The minimum atomic E-state index is -1.03. The summed E-state index contributed by atoms with van der Waals surface area (Å²) in [5.74, 6) is -2.38. The van der Waals surface area contributed by atoms with Gasteiger partial charge in [0.2, 0.25) is 0 Å². The van der Waals surface area contributed by atoms with Crippen molar-refractivity contribution in [2.24, 2.45) is 0 Å². The molecule has 0 aliphatic heterocycles. The molecule has 1 N–H and O–H groups in total. The highest BCUT2D eigenvalue weighted by Crippen LogP contribution is 2.18. The van der Waals surface area contributed by atoms with Crippen LogP contribution in [0.5, 0.6) is 5.75 Å². The Morgan fingerprint density at radius 2 is 1.61 bits per heavy atom. The van der Waals surface area contributed by atoms with Gasteiger partial charge in [-0.05, 0) is 43.2 Å². The Balaban J connectivity index is 1.67. The fourth-order valence-electron chi connectivity index (χ4n) is 3.59. The third-order valence-electron chi connectivity index (χ3n) is 5.57. The van der Waals surface area contributed by atoms with E-state index < -0.39 is 23.7 Å². The average molecular weight is 498 g/mol. The largest absolute Gasteiger partial charge is 0.484 e. The van der Waals surface area contributed by atoms with E-state index in [9.17, 15) is 23.5 Å². The van der Waals surface area contributed by atoms with Crippen LogP contribution in [0.2, 0.25) is 0 Å². The first-order valence-electron chi connectivity index (χ1n) is 11.6. The van der Waals surface area contributed by atoms with Gasteiger partial charge in [0.1, 0.15) is 17.4 Å². The summed E-state index contributed by atoms with van der Waals surface area (Å²) in [6.45, 7) is 3.88. The van der Waals surface area contributed by atoms with Crippen LogP contribution in [0.3, 0.4) is 0 Å². The number of carboxylic acids is 1. The molecular formula is C28H29F2NO5. The summed E-state index contributed by atoms with van der Waals surface area (Å²) in [6, 6.07) is 17.6. The lowest BCUT2D eigenvalue weighted by atomic mass is 10.1. The molecule has 0 unspecified atom stereocenters. The van der Waals surface area contributed by atoms with Gasteiger partial charge in [0.15, 0.2) is 12.7 Å². The zero-order valence-corrected chi connectivity index (χ0v) is 20.2. The standard InChI is InChI=1S/C28H29F2NO5/c1-3-35-26(28(33)34)14-20-8-12-24(13-9-20)36-18-27(32)31(16-21-6-4-19(2)5-7-21)17-22-10-11-23(29)15-25(22)30/h4-13,15,26H,3,14,16-18H2,1-2H3,(H,33,34)/t26-/m0/s1. The average Bonchev–Trinajstić information content (AvgIpc) is 2.85. The summed E-state index contributed by atoms with van der Waals surface area (Å²) in [5, 5.41) is 9.24. The number of hydrogen-bond donors (Lipinski definition) is 1. The summed E-state index contributed by atoms with van der Waals surface area (Å²) >= 11 is 0. The third kappa shape index (κ3) is 7.88. The molecule has 0 fully saturated rings. The summed E-state index contributed by atoms with van der Waals surface area (Å²) in [7, 11) is 0. The molecule has 0 saturated heterocycles. The van der Waals surface area contributed by atoms with Crippen LogP contribution in [-0.2, 0) is 33.8 Å². The predicted octanol–water partition coefficient (Wildman–Crippen LogP) is 4.91. The second-order valence-corrected chi connectivity index (χ2v) is 8.39. The van der Waals surface area contributed by atoms with E-state index in [4.69, 9.17) is 9.47 Å². The number of aryl methyl sites for hydroxylation is 1. The summed E-state index contributed by atoms with van der Waals surface area (Å²) in [6.07, 6.45) is -0.735. The van der Waals surface area contributed by atoms with Gasteiger partial charge in [-0.15, -0.1) is 0 Å². The van der Waals surface area contributed by atoms with E-state index in [1.54, 1.807) is 31.2 Å². The van der Waals surface area contributed by atoms with Gasteiger partial charge in [-0.25, -0.2) is 13.6 Å². The molecule has 190 valence electrons. The van der Waals surface area contributed by atoms with Crippen LogP contribution in [0.4, 0.5) is 8.78 Å². The number of carbonyl (C=O) groups excluding carboxylic acids is 1. The summed E-state index contributed by atoms with van der Waals surface area (Å²) in [5.41, 5.74) is 2.89. The zero-order chi connectivity index (χ0) is 26.1. The highest BCUT2D eigenvalue weighted by molar-refractivity contribution is 5.78. The van der Waals surface area contributed by atoms with Gasteiger partial charge in [0.05, 0.1) is 0 Å². The van der Waals surface area contributed by atoms with Crippen LogP contribution in [0.1, 0.15) is 29.2 Å². The van der Waals surface area contributed by atoms with Crippen LogP contribution in [0.25, 0.3) is 0 Å². The van der Waals surface area contributed by atoms with E-state index >= 15 is 0 Å². The number of benzene rings is 3. The van der Waals surface area contributed by atoms with Gasteiger partial charge >= 0.3 is 5.97 Å². The van der Waals surface area contributed by atoms with E-state index in [2.05, 4.69) is 0 Å². The van der Waals surface area contributed by atoms with Crippen molar-refractivity contribution in [1.29, 1.82) is 0 Å². The first-order chi connectivity index (χ1) is 17.2. The Labute approximate surface area is 209 Å². The first kappa shape index (κ1) is 26.8. The van der Waals surface area contributed by atoms with Crippen molar-refractivity contribution in [2.45, 2.75) is 39.5 Å². The molecule has 1 amide bonds. The molecule has 3 rings (SSSR count). The summed E-state index contributed by atoms with van der Waals surface area (Å²) < 4.78 is 38.5. The lowest BCUT2D eigenvalue weighted by Crippen LogP contribution is -2.34. The molecule has 0 aliphatic carbocycles. The number of hydrogen-bond acceptors (Lipinski definition) is 4. The van der Waals surface area contributed by atoms with E-state index in [0.29, 0.717) is 12.4 Å². The predicted molar refractivity (Wildman–Crippen MR) is 130 cm³/mol. The van der Waals surface area contributed by atoms with E-state index in [1.165, 1.54) is 11.0 Å². The van der Waals surface area contributed by atoms with Crippen LogP contribution in [0, 0.1) is 18.6 Å². The zero-order valence-electron chi connectivity index (χ0n) is 20.2. The summed E-state index contributed by atoms with van der Waals surface area (Å²) in [4.78, 5) is 25.8. The lowest BCUT2D eigenvalue weighted by molar-refractivity contribution is -0.150. The molecule has 0 heterocycles. The highest BCUT2D eigenvalue weighted by Gasteiger charge is 2.19. The number of halogens is 2. The van der Waals surface area contributed by atoms with Crippen molar-refractivity contribution in [2.75, 3.05) is 13.2 Å². The maximum atomic E-state index is 14.3. The highest BCUT2D eigenvalue weighted by atomic mass is 19.1. The maximum Gasteiger partial charge on any atom is 0.333 e. The van der Waals surface area contributed by atoms with Crippen molar-refractivity contribution >= 4 is 11.9 Å². The monoisotopic (exact) mass is 497 g/mol. The van der Waals surface area contributed by atoms with Crippen molar-refractivity contribution < 1.29 is 33.0 Å². The molecule has 0 radical (unpaired) electrons. The molecule has 0 spiro atoms. The van der Waals surface area contributed by atoms with Gasteiger partial charge in [-0.1, -0.05) is 48.0 Å². The Hall–Kier alpha value is -3.78. The first-order valence-corrected chi connectivity index (χ1v) is 11.6. The third-order valence-corrected chi connectivity index (χ3v) is 5.57. The van der Waals surface area contributed by atoms with Crippen molar-refractivity contribution in [1.82, 2.24) is 4.90 Å². The van der Waals surface area contributed by atoms with Crippen LogP contribution < -0.4 is 4.74 Å². The van der Waals surface area contributed by atoms with Crippen molar-refractivity contribution in [3.63, 3.8) is 0 Å². The maximum absolute atomic E-state index is 14.3. The minimum Gasteiger partial charge on any atom is -0.484 e. The minimum absolute atomic E-state index is 0.0465. The number of carboxylic acid groups (broad SMARTS) is 1. The molecule has 1 atom stereocenters. The van der Waals surface area contributed by atoms with Gasteiger partial charge in [0.25, 0.3) is 5.91 Å². The number of amides is 1. The molecule has 0 bridgehead atoms. The van der Waals surface area contributed by atoms with Crippen molar-refractivity contribution in [3.8, 4) is 5.75 Å².